The Balaban J connectivity index is 1.26. The number of hydrogen-bond donors (Lipinski definition) is 0. The molecule has 0 aliphatic heterocycles. The number of fused-ring (bicyclic) bond motifs is 4. The standard InChI is InChI=1S/C40H25N5S/c1-3-12-26(13-4-1)28-16-11-17-29(24-28)38-42-37(27-14-5-2-6-15-27)43-39(44-38)30-22-23-32-31-18-7-9-20-34(31)45(35(32)25-30)40-41-33-19-8-10-21-36(33)46-40/h1-25H. The summed E-state index contributed by atoms with van der Waals surface area (Å²) >= 11 is 1.70. The molecule has 0 N–H and O–H groups in total. The fraction of sp³-hybridized carbons (Fsp3) is 0. The lowest BCUT2D eigenvalue weighted by Crippen LogP contribution is -2.00. The molecule has 3 aromatic heterocycles. The van der Waals surface area contributed by atoms with Crippen molar-refractivity contribution < 1.29 is 0 Å². The van der Waals surface area contributed by atoms with Gasteiger partial charge in [-0.05, 0) is 41.5 Å². The van der Waals surface area contributed by atoms with Crippen LogP contribution in [-0.2, 0) is 0 Å². The second-order valence-corrected chi connectivity index (χ2v) is 12.2. The maximum absolute atomic E-state index is 5.09. The van der Waals surface area contributed by atoms with Gasteiger partial charge in [0.15, 0.2) is 22.6 Å². The highest BCUT2D eigenvalue weighted by Crippen LogP contribution is 2.37. The van der Waals surface area contributed by atoms with Crippen molar-refractivity contribution in [3.63, 3.8) is 0 Å². The van der Waals surface area contributed by atoms with E-state index in [4.69, 9.17) is 19.9 Å². The molecule has 0 unspecified atom stereocenters. The Hall–Kier alpha value is -5.98. The summed E-state index contributed by atoms with van der Waals surface area (Å²) in [5.41, 5.74) is 8.23. The van der Waals surface area contributed by atoms with Crippen LogP contribution in [0.4, 0.5) is 0 Å². The molecule has 3 heterocycles. The molecule has 0 saturated carbocycles. The van der Waals surface area contributed by atoms with Crippen LogP contribution in [0.2, 0.25) is 0 Å². The van der Waals surface area contributed by atoms with E-state index in [1.54, 1.807) is 11.3 Å². The highest BCUT2D eigenvalue weighted by atomic mass is 32.1. The number of nitrogens with zero attached hydrogens (tertiary/aromatic N) is 5. The van der Waals surface area contributed by atoms with Crippen LogP contribution in [-0.4, -0.2) is 24.5 Å². The van der Waals surface area contributed by atoms with Crippen LogP contribution in [0.5, 0.6) is 0 Å². The highest BCUT2D eigenvalue weighted by Gasteiger charge is 2.18. The van der Waals surface area contributed by atoms with Crippen LogP contribution < -0.4 is 0 Å². The van der Waals surface area contributed by atoms with Gasteiger partial charge >= 0.3 is 0 Å². The predicted octanol–water partition coefficient (Wildman–Crippen LogP) is 10.2. The van der Waals surface area contributed by atoms with Crippen LogP contribution in [0.3, 0.4) is 0 Å². The van der Waals surface area contributed by atoms with Gasteiger partial charge in [0.05, 0.1) is 21.3 Å². The topological polar surface area (TPSA) is 56.5 Å². The van der Waals surface area contributed by atoms with E-state index in [1.807, 2.05) is 42.5 Å². The van der Waals surface area contributed by atoms with Gasteiger partial charge in [0.2, 0.25) is 0 Å². The Kier molecular flexibility index (Phi) is 6.25. The Morgan fingerprint density at radius 1 is 0.391 bits per heavy atom. The number of hydrogen-bond acceptors (Lipinski definition) is 5. The molecule has 216 valence electrons. The Morgan fingerprint density at radius 2 is 0.978 bits per heavy atom. The lowest BCUT2D eigenvalue weighted by atomic mass is 10.0. The first-order valence-electron chi connectivity index (χ1n) is 15.2. The van der Waals surface area contributed by atoms with E-state index in [1.165, 1.54) is 5.39 Å². The SMILES string of the molecule is c1ccc(-c2cccc(-c3nc(-c4ccccc4)nc(-c4ccc5c6ccccc6n(-c6nc7ccccc7s6)c5c4)n3)c2)cc1. The molecule has 9 rings (SSSR count). The van der Waals surface area contributed by atoms with Gasteiger partial charge in [0, 0.05) is 27.5 Å². The molecule has 0 aliphatic carbocycles. The molecule has 0 bridgehead atoms. The van der Waals surface area contributed by atoms with Gasteiger partial charge in [0.25, 0.3) is 0 Å². The van der Waals surface area contributed by atoms with Gasteiger partial charge in [-0.15, -0.1) is 0 Å². The fourth-order valence-electron chi connectivity index (χ4n) is 6.09. The molecular formula is C40H25N5S. The molecule has 9 aromatic rings. The zero-order chi connectivity index (χ0) is 30.5. The summed E-state index contributed by atoms with van der Waals surface area (Å²) in [6.45, 7) is 0. The smallest absolute Gasteiger partial charge is 0.195 e. The van der Waals surface area contributed by atoms with Crippen LogP contribution in [0, 0.1) is 0 Å². The first-order chi connectivity index (χ1) is 22.8. The summed E-state index contributed by atoms with van der Waals surface area (Å²) in [6, 6.07) is 52.2. The van der Waals surface area contributed by atoms with E-state index in [9.17, 15) is 0 Å². The second-order valence-electron chi connectivity index (χ2n) is 11.2. The largest absolute Gasteiger partial charge is 0.285 e. The van der Waals surface area contributed by atoms with E-state index in [2.05, 4.69) is 114 Å². The van der Waals surface area contributed by atoms with Gasteiger partial charge < -0.3 is 0 Å². The number of thiazole rings is 1. The third-order valence-corrected chi connectivity index (χ3v) is 9.32. The second kappa shape index (κ2) is 10.9. The summed E-state index contributed by atoms with van der Waals surface area (Å²) in [5, 5.41) is 3.28. The quantitative estimate of drug-likeness (QED) is 0.195. The maximum Gasteiger partial charge on any atom is 0.195 e. The minimum atomic E-state index is 0.622. The van der Waals surface area contributed by atoms with Gasteiger partial charge in [-0.25, -0.2) is 19.9 Å². The molecule has 46 heavy (non-hydrogen) atoms. The molecule has 0 atom stereocenters. The van der Waals surface area contributed by atoms with Crippen molar-refractivity contribution in [1.29, 1.82) is 0 Å². The van der Waals surface area contributed by atoms with Crippen molar-refractivity contribution in [3.8, 4) is 50.4 Å². The zero-order valence-corrected chi connectivity index (χ0v) is 25.4. The first-order valence-corrected chi connectivity index (χ1v) is 16.0. The molecular weight excluding hydrogens is 583 g/mol. The Labute approximate surface area is 269 Å². The van der Waals surface area contributed by atoms with E-state index < -0.39 is 0 Å². The van der Waals surface area contributed by atoms with E-state index in [0.717, 1.165) is 59.6 Å². The van der Waals surface area contributed by atoms with Crippen molar-refractivity contribution in [2.24, 2.45) is 0 Å². The molecule has 0 fully saturated rings. The van der Waals surface area contributed by atoms with Crippen molar-refractivity contribution in [1.82, 2.24) is 24.5 Å². The van der Waals surface area contributed by atoms with Gasteiger partial charge in [-0.3, -0.25) is 4.57 Å². The van der Waals surface area contributed by atoms with E-state index in [0.29, 0.717) is 17.5 Å². The molecule has 0 amide bonds. The number of aromatic nitrogens is 5. The highest BCUT2D eigenvalue weighted by molar-refractivity contribution is 7.20. The van der Waals surface area contributed by atoms with E-state index >= 15 is 0 Å². The molecule has 5 nitrogen and oxygen atoms in total. The third kappa shape index (κ3) is 4.55. The van der Waals surface area contributed by atoms with E-state index in [-0.39, 0.29) is 0 Å². The number of benzene rings is 6. The van der Waals surface area contributed by atoms with Gasteiger partial charge in [0.1, 0.15) is 0 Å². The molecule has 0 spiro atoms. The fourth-order valence-corrected chi connectivity index (χ4v) is 7.08. The van der Waals surface area contributed by atoms with Crippen molar-refractivity contribution in [3.05, 3.63) is 152 Å². The number of para-hydroxylation sites is 2. The zero-order valence-electron chi connectivity index (χ0n) is 24.6. The third-order valence-electron chi connectivity index (χ3n) is 8.30. The lowest BCUT2D eigenvalue weighted by molar-refractivity contribution is 1.07. The number of rotatable bonds is 5. The average molecular weight is 608 g/mol. The summed E-state index contributed by atoms with van der Waals surface area (Å²) in [5.74, 6) is 1.89. The molecule has 6 heteroatoms. The van der Waals surface area contributed by atoms with Crippen LogP contribution in [0.25, 0.3) is 82.4 Å². The Bertz CT molecular complexity index is 2500. The van der Waals surface area contributed by atoms with Crippen LogP contribution in [0.1, 0.15) is 0 Å². The summed E-state index contributed by atoms with van der Waals surface area (Å²) in [4.78, 5) is 20.1. The minimum Gasteiger partial charge on any atom is -0.285 e. The van der Waals surface area contributed by atoms with Crippen molar-refractivity contribution >= 4 is 43.4 Å². The lowest BCUT2D eigenvalue weighted by Gasteiger charge is -2.10. The molecule has 0 aliphatic rings. The van der Waals surface area contributed by atoms with Crippen LogP contribution in [0.15, 0.2) is 152 Å². The summed E-state index contributed by atoms with van der Waals surface area (Å²) < 4.78 is 3.43. The summed E-state index contributed by atoms with van der Waals surface area (Å²) in [6.07, 6.45) is 0. The minimum absolute atomic E-state index is 0.622. The van der Waals surface area contributed by atoms with Gasteiger partial charge in [-0.1, -0.05) is 133 Å². The van der Waals surface area contributed by atoms with Crippen molar-refractivity contribution in [2.75, 3.05) is 0 Å². The Morgan fingerprint density at radius 3 is 1.76 bits per heavy atom. The predicted molar refractivity (Wildman–Crippen MR) is 189 cm³/mol. The molecule has 0 radical (unpaired) electrons. The normalized spacial score (nSPS) is 11.5. The van der Waals surface area contributed by atoms with Crippen molar-refractivity contribution in [2.45, 2.75) is 0 Å². The molecule has 6 aromatic carbocycles. The average Bonchev–Trinajstić information content (AvgIpc) is 3.71. The van der Waals surface area contributed by atoms with Gasteiger partial charge in [-0.2, -0.15) is 0 Å². The first kappa shape index (κ1) is 26.4. The monoisotopic (exact) mass is 607 g/mol. The molecule has 0 saturated heterocycles. The van der Waals surface area contributed by atoms with Crippen LogP contribution >= 0.6 is 11.3 Å². The maximum atomic E-state index is 5.09. The summed E-state index contributed by atoms with van der Waals surface area (Å²) in [7, 11) is 0.